The molecule has 4 aromatic rings. The number of nitrogens with zero attached hydrogens (tertiary/aromatic N) is 5. The summed E-state index contributed by atoms with van der Waals surface area (Å²) in [5.74, 6) is 1.41. The third-order valence-corrected chi connectivity index (χ3v) is 6.74. The van der Waals surface area contributed by atoms with Gasteiger partial charge in [0, 0.05) is 36.1 Å². The van der Waals surface area contributed by atoms with Crippen LogP contribution in [0, 0.1) is 0 Å². The van der Waals surface area contributed by atoms with E-state index in [9.17, 15) is 0 Å². The lowest BCUT2D eigenvalue weighted by Crippen LogP contribution is -2.30. The van der Waals surface area contributed by atoms with Crippen LogP contribution < -0.4 is 10.1 Å². The minimum absolute atomic E-state index is 0.272. The molecule has 0 amide bonds. The molecule has 2 heterocycles. The first kappa shape index (κ1) is 22.4. The molecule has 0 radical (unpaired) electrons. The Bertz CT molecular complexity index is 1220. The van der Waals surface area contributed by atoms with E-state index < -0.39 is 0 Å². The number of benzene rings is 2. The lowest BCUT2D eigenvalue weighted by atomic mass is 10.2. The van der Waals surface area contributed by atoms with Crippen molar-refractivity contribution in [3.05, 3.63) is 60.1 Å². The van der Waals surface area contributed by atoms with Crippen LogP contribution in [0.3, 0.4) is 0 Å². The molecule has 4 rings (SSSR count). The normalized spacial score (nSPS) is 12.3. The number of nitrogens with one attached hydrogen (secondary N) is 1. The Morgan fingerprint density at radius 3 is 2.75 bits per heavy atom. The number of rotatable bonds is 8. The van der Waals surface area contributed by atoms with Gasteiger partial charge in [0.2, 0.25) is 0 Å². The van der Waals surface area contributed by atoms with Crippen LogP contribution in [0.1, 0.15) is 6.92 Å². The molecule has 166 valence electrons. The van der Waals surface area contributed by atoms with Gasteiger partial charge in [-0.25, -0.2) is 15.0 Å². The van der Waals surface area contributed by atoms with E-state index in [0.29, 0.717) is 17.4 Å². The molecular formula is C23H25ClN6OS. The second kappa shape index (κ2) is 9.77. The minimum Gasteiger partial charge on any atom is -0.491 e. The molecule has 9 heteroatoms. The molecule has 0 saturated carbocycles. The summed E-state index contributed by atoms with van der Waals surface area (Å²) in [5.41, 5.74) is 1.64. The summed E-state index contributed by atoms with van der Waals surface area (Å²) in [6.45, 7) is 2.68. The molecule has 0 bridgehead atoms. The molecule has 32 heavy (non-hydrogen) atoms. The predicted molar refractivity (Wildman–Crippen MR) is 130 cm³/mol. The number of hydrogen-bond acceptors (Lipinski definition) is 7. The quantitative estimate of drug-likeness (QED) is 0.379. The van der Waals surface area contributed by atoms with Gasteiger partial charge < -0.3 is 19.5 Å². The molecule has 1 N–H and O–H groups in total. The maximum absolute atomic E-state index is 6.57. The third-order valence-electron chi connectivity index (χ3n) is 5.16. The smallest absolute Gasteiger partial charge is 0.172 e. The standard InChI is InChI=1S/C23H25ClN6OS/c1-15(29(2)3)13-31-19-7-5-6-18-21(19)22(27-14-26-18)28-16-8-9-20(17(24)12-16)32-23-25-10-11-30(23)4/h5-12,14-15H,13H2,1-4H3,(H,26,27,28)/t15-/m1/s1. The number of fused-ring (bicyclic) bond motifs is 1. The van der Waals surface area contributed by atoms with E-state index in [1.165, 1.54) is 11.8 Å². The van der Waals surface area contributed by atoms with E-state index in [1.54, 1.807) is 12.5 Å². The largest absolute Gasteiger partial charge is 0.491 e. The highest BCUT2D eigenvalue weighted by Crippen LogP contribution is 2.36. The van der Waals surface area contributed by atoms with Crippen molar-refractivity contribution in [2.24, 2.45) is 7.05 Å². The molecule has 2 aromatic heterocycles. The topological polar surface area (TPSA) is 68.1 Å². The highest BCUT2D eigenvalue weighted by atomic mass is 35.5. The van der Waals surface area contributed by atoms with Crippen LogP contribution in [0.15, 0.2) is 65.2 Å². The van der Waals surface area contributed by atoms with Crippen molar-refractivity contribution in [2.75, 3.05) is 26.0 Å². The summed E-state index contributed by atoms with van der Waals surface area (Å²) in [6.07, 6.45) is 5.22. The van der Waals surface area contributed by atoms with Gasteiger partial charge in [-0.2, -0.15) is 0 Å². The summed E-state index contributed by atoms with van der Waals surface area (Å²) in [6, 6.07) is 11.9. The van der Waals surface area contributed by atoms with Crippen LogP contribution in [-0.2, 0) is 7.05 Å². The van der Waals surface area contributed by atoms with Gasteiger partial charge in [0.05, 0.1) is 15.9 Å². The average molecular weight is 469 g/mol. The van der Waals surface area contributed by atoms with Crippen molar-refractivity contribution < 1.29 is 4.74 Å². The Balaban J connectivity index is 1.60. The monoisotopic (exact) mass is 468 g/mol. The zero-order valence-electron chi connectivity index (χ0n) is 18.4. The summed E-state index contributed by atoms with van der Waals surface area (Å²) >= 11 is 8.09. The van der Waals surface area contributed by atoms with Crippen molar-refractivity contribution in [1.29, 1.82) is 0 Å². The molecule has 0 spiro atoms. The Labute approximate surface area is 196 Å². The molecular weight excluding hydrogens is 444 g/mol. The minimum atomic E-state index is 0.272. The predicted octanol–water partition coefficient (Wildman–Crippen LogP) is 5.24. The van der Waals surface area contributed by atoms with Crippen LogP contribution in [0.4, 0.5) is 11.5 Å². The van der Waals surface area contributed by atoms with E-state index >= 15 is 0 Å². The zero-order chi connectivity index (χ0) is 22.7. The molecule has 2 aromatic carbocycles. The molecule has 7 nitrogen and oxygen atoms in total. The van der Waals surface area contributed by atoms with Gasteiger partial charge in [-0.15, -0.1) is 0 Å². The third kappa shape index (κ3) is 4.98. The molecule has 0 saturated heterocycles. The first-order chi connectivity index (χ1) is 15.4. The van der Waals surface area contributed by atoms with Gasteiger partial charge >= 0.3 is 0 Å². The lowest BCUT2D eigenvalue weighted by molar-refractivity contribution is 0.200. The zero-order valence-corrected chi connectivity index (χ0v) is 20.0. The first-order valence-corrected chi connectivity index (χ1v) is 11.4. The average Bonchev–Trinajstić information content (AvgIpc) is 3.18. The van der Waals surface area contributed by atoms with Gasteiger partial charge in [-0.1, -0.05) is 29.4 Å². The Hall–Kier alpha value is -2.81. The second-order valence-corrected chi connectivity index (χ2v) is 9.11. The van der Waals surface area contributed by atoms with Crippen molar-refractivity contribution in [2.45, 2.75) is 23.0 Å². The van der Waals surface area contributed by atoms with Gasteiger partial charge in [0.1, 0.15) is 24.5 Å². The summed E-state index contributed by atoms with van der Waals surface area (Å²) < 4.78 is 8.09. The van der Waals surface area contributed by atoms with E-state index in [1.807, 2.05) is 68.3 Å². The van der Waals surface area contributed by atoms with E-state index in [-0.39, 0.29) is 6.04 Å². The van der Waals surface area contributed by atoms with Crippen LogP contribution in [0.5, 0.6) is 5.75 Å². The fourth-order valence-electron chi connectivity index (χ4n) is 3.00. The number of likely N-dealkylation sites (N-methyl/N-ethyl adjacent to an activating group) is 1. The number of hydrogen-bond donors (Lipinski definition) is 1. The highest BCUT2D eigenvalue weighted by molar-refractivity contribution is 7.99. The Morgan fingerprint density at radius 2 is 2.03 bits per heavy atom. The van der Waals surface area contributed by atoms with Crippen molar-refractivity contribution >= 4 is 45.8 Å². The molecule has 1 atom stereocenters. The lowest BCUT2D eigenvalue weighted by Gasteiger charge is -2.21. The number of aryl methyl sites for hydroxylation is 1. The number of ether oxygens (including phenoxy) is 1. The summed E-state index contributed by atoms with van der Waals surface area (Å²) in [4.78, 5) is 16.3. The molecule has 0 aliphatic rings. The number of halogens is 1. The van der Waals surface area contributed by atoms with Gasteiger partial charge in [0.15, 0.2) is 5.16 Å². The van der Waals surface area contributed by atoms with Gasteiger partial charge in [0.25, 0.3) is 0 Å². The van der Waals surface area contributed by atoms with Gasteiger partial charge in [-0.05, 0) is 51.4 Å². The highest BCUT2D eigenvalue weighted by Gasteiger charge is 2.14. The van der Waals surface area contributed by atoms with Crippen LogP contribution in [0.25, 0.3) is 10.9 Å². The molecule has 0 fully saturated rings. The molecule has 0 aliphatic carbocycles. The maximum Gasteiger partial charge on any atom is 0.172 e. The fraction of sp³-hybridized carbons (Fsp3) is 0.261. The van der Waals surface area contributed by atoms with E-state index in [4.69, 9.17) is 16.3 Å². The van der Waals surface area contributed by atoms with Crippen molar-refractivity contribution in [3.63, 3.8) is 0 Å². The fourth-order valence-corrected chi connectivity index (χ4v) is 4.10. The number of aromatic nitrogens is 4. The van der Waals surface area contributed by atoms with Crippen LogP contribution in [0.2, 0.25) is 5.02 Å². The van der Waals surface area contributed by atoms with Crippen molar-refractivity contribution in [1.82, 2.24) is 24.4 Å². The molecule has 0 unspecified atom stereocenters. The Morgan fingerprint density at radius 1 is 1.19 bits per heavy atom. The first-order valence-electron chi connectivity index (χ1n) is 10.2. The van der Waals surface area contributed by atoms with E-state index in [0.717, 1.165) is 32.4 Å². The maximum atomic E-state index is 6.57. The van der Waals surface area contributed by atoms with Crippen LogP contribution in [-0.4, -0.2) is 51.2 Å². The van der Waals surface area contributed by atoms with Crippen molar-refractivity contribution in [3.8, 4) is 5.75 Å². The van der Waals surface area contributed by atoms with E-state index in [2.05, 4.69) is 32.1 Å². The number of imidazole rings is 1. The van der Waals surface area contributed by atoms with Crippen LogP contribution >= 0.6 is 23.4 Å². The SMILES string of the molecule is C[C@H](COc1cccc2ncnc(Nc3ccc(Sc4nccn4C)c(Cl)c3)c12)N(C)C. The van der Waals surface area contributed by atoms with Gasteiger partial charge in [-0.3, -0.25) is 0 Å². The second-order valence-electron chi connectivity index (χ2n) is 7.69. The summed E-state index contributed by atoms with van der Waals surface area (Å²) in [5, 5.41) is 5.73. The summed E-state index contributed by atoms with van der Waals surface area (Å²) in [7, 11) is 6.03. The Kier molecular flexibility index (Phi) is 6.83. The molecule has 0 aliphatic heterocycles. The number of anilines is 2.